The Kier molecular flexibility index (Phi) is 11.5. The highest BCUT2D eigenvalue weighted by Gasteiger charge is 2.31. The van der Waals surface area contributed by atoms with E-state index in [0.29, 0.717) is 6.67 Å². The van der Waals surface area contributed by atoms with Gasteiger partial charge in [-0.15, -0.1) is 0 Å². The fourth-order valence-electron chi connectivity index (χ4n) is 9.45. The molecule has 0 saturated heterocycles. The molecule has 348 valence electrons. The third-order valence-corrected chi connectivity index (χ3v) is 14.0. The normalized spacial score (nSPS) is 14.0. The molecule has 1 aliphatic heterocycles. The third-order valence-electron chi connectivity index (χ3n) is 14.0. The van der Waals surface area contributed by atoms with E-state index < -0.39 is 0 Å². The molecule has 0 saturated carbocycles. The van der Waals surface area contributed by atoms with E-state index in [1.165, 1.54) is 49.8 Å². The van der Waals surface area contributed by atoms with E-state index in [0.717, 1.165) is 45.3 Å². The van der Waals surface area contributed by atoms with Crippen molar-refractivity contribution in [2.45, 2.75) is 124 Å². The molecule has 0 N–H and O–H groups in total. The first-order chi connectivity index (χ1) is 31.9. The highest BCUT2D eigenvalue weighted by atomic mass is 16.5. The van der Waals surface area contributed by atoms with Gasteiger partial charge in [0.2, 0.25) is 0 Å². The molecule has 0 spiro atoms. The molecule has 0 aliphatic carbocycles. The molecule has 0 radical (unpaired) electrons. The van der Waals surface area contributed by atoms with Crippen molar-refractivity contribution in [3.05, 3.63) is 197 Å². The highest BCUT2D eigenvalue weighted by molar-refractivity contribution is 6.10. The summed E-state index contributed by atoms with van der Waals surface area (Å²) in [4.78, 5) is 9.86. The summed E-state index contributed by atoms with van der Waals surface area (Å²) in [5.74, 6) is 2.47. The number of aromatic nitrogens is 2. The topological polar surface area (TPSA) is 33.5 Å². The first-order valence-corrected chi connectivity index (χ1v) is 24.4. The summed E-state index contributed by atoms with van der Waals surface area (Å²) < 4.78 is 9.39. The molecule has 0 atom stereocenters. The maximum atomic E-state index is 7.07. The number of ether oxygens (including phenoxy) is 1. The Bertz CT molecular complexity index is 3180. The molecule has 0 unspecified atom stereocenters. The lowest BCUT2D eigenvalue weighted by atomic mass is 9.75. The number of benzene rings is 6. The molecule has 0 bridgehead atoms. The Labute approximate surface area is 406 Å². The van der Waals surface area contributed by atoms with E-state index >= 15 is 0 Å². The van der Waals surface area contributed by atoms with E-state index in [4.69, 9.17) is 9.72 Å². The van der Waals surface area contributed by atoms with Gasteiger partial charge in [0.05, 0.1) is 23.4 Å². The molecular formula is C63H70N4O. The molecular weight excluding hydrogens is 829 g/mol. The van der Waals surface area contributed by atoms with Gasteiger partial charge in [0.1, 0.15) is 17.3 Å². The molecule has 5 nitrogen and oxygen atoms in total. The van der Waals surface area contributed by atoms with Gasteiger partial charge in [0.15, 0.2) is 0 Å². The zero-order chi connectivity index (χ0) is 48.6. The second kappa shape index (κ2) is 16.9. The Morgan fingerprint density at radius 1 is 0.441 bits per heavy atom. The van der Waals surface area contributed by atoms with Gasteiger partial charge >= 0.3 is 0 Å². The van der Waals surface area contributed by atoms with Crippen molar-refractivity contribution >= 4 is 38.9 Å². The lowest BCUT2D eigenvalue weighted by molar-refractivity contribution is 0.479. The molecule has 5 heteroatoms. The van der Waals surface area contributed by atoms with Gasteiger partial charge in [0.25, 0.3) is 0 Å². The van der Waals surface area contributed by atoms with Gasteiger partial charge in [-0.05, 0) is 121 Å². The van der Waals surface area contributed by atoms with E-state index in [-0.39, 0.29) is 27.1 Å². The lowest BCUT2D eigenvalue weighted by Crippen LogP contribution is -2.28. The number of hydrogen-bond donors (Lipinski definition) is 0. The zero-order valence-corrected chi connectivity index (χ0v) is 42.9. The number of rotatable bonds is 8. The first kappa shape index (κ1) is 46.5. The van der Waals surface area contributed by atoms with Crippen molar-refractivity contribution < 1.29 is 4.74 Å². The maximum Gasteiger partial charge on any atom is 0.137 e. The second-order valence-corrected chi connectivity index (χ2v) is 23.6. The number of hydrogen-bond acceptors (Lipinski definition) is 4. The molecule has 9 rings (SSSR count). The average molecular weight is 899 g/mol. The van der Waals surface area contributed by atoms with Crippen molar-refractivity contribution in [1.82, 2.24) is 9.55 Å². The Balaban J connectivity index is 1.16. The van der Waals surface area contributed by atoms with Gasteiger partial charge in [-0.25, -0.2) is 4.98 Å². The smallest absolute Gasteiger partial charge is 0.137 e. The Morgan fingerprint density at radius 2 is 1.04 bits per heavy atom. The minimum absolute atomic E-state index is 0.00642. The van der Waals surface area contributed by atoms with Crippen LogP contribution in [0.1, 0.15) is 136 Å². The molecule has 2 aromatic heterocycles. The van der Waals surface area contributed by atoms with Gasteiger partial charge in [-0.2, -0.15) is 0 Å². The van der Waals surface area contributed by atoms with Crippen LogP contribution in [0, 0.1) is 0 Å². The Hall–Kier alpha value is -6.59. The van der Waals surface area contributed by atoms with Crippen LogP contribution in [0.5, 0.6) is 11.5 Å². The predicted octanol–water partition coefficient (Wildman–Crippen LogP) is 16.8. The van der Waals surface area contributed by atoms with Crippen LogP contribution in [0.3, 0.4) is 0 Å². The lowest BCUT2D eigenvalue weighted by Gasteiger charge is -2.32. The monoisotopic (exact) mass is 899 g/mol. The van der Waals surface area contributed by atoms with Crippen molar-refractivity contribution in [2.24, 2.45) is 0 Å². The fraction of sp³-hybridized carbons (Fsp3) is 0.317. The van der Waals surface area contributed by atoms with Crippen molar-refractivity contribution in [3.63, 3.8) is 0 Å². The van der Waals surface area contributed by atoms with E-state index in [1.807, 2.05) is 6.20 Å². The van der Waals surface area contributed by atoms with E-state index in [9.17, 15) is 0 Å². The van der Waals surface area contributed by atoms with Crippen LogP contribution in [-0.4, -0.2) is 16.2 Å². The van der Waals surface area contributed by atoms with Crippen LogP contribution in [-0.2, 0) is 27.1 Å². The third kappa shape index (κ3) is 9.08. The van der Waals surface area contributed by atoms with Crippen LogP contribution < -0.4 is 14.5 Å². The van der Waals surface area contributed by atoms with Crippen molar-refractivity contribution in [2.75, 3.05) is 16.5 Å². The number of pyridine rings is 1. The minimum atomic E-state index is -0.199. The highest BCUT2D eigenvalue weighted by Crippen LogP contribution is 2.44. The van der Waals surface area contributed by atoms with E-state index in [2.05, 4.69) is 263 Å². The molecule has 0 fully saturated rings. The maximum absolute atomic E-state index is 7.07. The summed E-state index contributed by atoms with van der Waals surface area (Å²) in [6.45, 7) is 32.7. The number of anilines is 2. The molecule has 0 amide bonds. The number of fused-ring (bicyclic) bond motifs is 3. The molecule has 68 heavy (non-hydrogen) atoms. The Morgan fingerprint density at radius 3 is 1.71 bits per heavy atom. The molecule has 8 aromatic rings. The van der Waals surface area contributed by atoms with Crippen LogP contribution in [0.2, 0.25) is 0 Å². The molecule has 3 heterocycles. The fourth-order valence-corrected chi connectivity index (χ4v) is 9.45. The van der Waals surface area contributed by atoms with Crippen molar-refractivity contribution in [3.8, 4) is 17.3 Å². The zero-order valence-electron chi connectivity index (χ0n) is 42.9. The van der Waals surface area contributed by atoms with Gasteiger partial charge < -0.3 is 14.5 Å². The van der Waals surface area contributed by atoms with Crippen LogP contribution >= 0.6 is 0 Å². The summed E-state index contributed by atoms with van der Waals surface area (Å²) in [5.41, 5.74) is 14.0. The SMILES string of the molecule is CC(C)(C)c1cc(Oc2ccc3c4cc(C(C)(C)C)ccc4n(-c4cc(C(C)(C)C)ccn4)c3c2)cc(N2CN(c3cc(C(C)(C)C)cc(C(C)(C)c4ccccc4)c3)C=C2c2ccccc2)c1. The van der Waals surface area contributed by atoms with E-state index in [1.54, 1.807) is 0 Å². The number of nitrogens with zero attached hydrogens (tertiary/aromatic N) is 4. The summed E-state index contributed by atoms with van der Waals surface area (Å²) >= 11 is 0. The summed E-state index contributed by atoms with van der Waals surface area (Å²) in [6, 6.07) is 53.5. The second-order valence-electron chi connectivity index (χ2n) is 23.6. The first-order valence-electron chi connectivity index (χ1n) is 24.4. The van der Waals surface area contributed by atoms with Crippen LogP contribution in [0.15, 0.2) is 158 Å². The van der Waals surface area contributed by atoms with Gasteiger partial charge in [-0.3, -0.25) is 4.57 Å². The van der Waals surface area contributed by atoms with Crippen LogP contribution in [0.4, 0.5) is 11.4 Å². The van der Waals surface area contributed by atoms with Crippen molar-refractivity contribution in [1.29, 1.82) is 0 Å². The average Bonchev–Trinajstić information content (AvgIpc) is 3.88. The minimum Gasteiger partial charge on any atom is -0.457 e. The van der Waals surface area contributed by atoms with Crippen LogP contribution in [0.25, 0.3) is 33.3 Å². The molecule has 6 aromatic carbocycles. The van der Waals surface area contributed by atoms with Gasteiger partial charge in [0, 0.05) is 52.1 Å². The standard InChI is InChI=1S/C63H70N4O/c1-59(2,3)44-25-28-55-54(36-44)53-27-26-51(39-56(53)67(55)58-37-45(29-30-64-58)60(4,5)6)68-52-35-47(62(10,11)12)33-50(38-52)66-41-65(40-57(66)42-21-17-15-18-22-42)49-32-46(61(7,8)9)31-48(34-49)63(13,14)43-23-19-16-20-24-43/h15-40H,41H2,1-14H3. The summed E-state index contributed by atoms with van der Waals surface area (Å²) in [6.07, 6.45) is 4.28. The van der Waals surface area contributed by atoms with Gasteiger partial charge in [-0.1, -0.05) is 170 Å². The quantitative estimate of drug-likeness (QED) is 0.152. The summed E-state index contributed by atoms with van der Waals surface area (Å²) in [5, 5.41) is 2.38. The predicted molar refractivity (Wildman–Crippen MR) is 289 cm³/mol. The summed E-state index contributed by atoms with van der Waals surface area (Å²) in [7, 11) is 0. The largest absolute Gasteiger partial charge is 0.457 e. The molecule has 1 aliphatic rings.